The monoisotopic (exact) mass is 814 g/mol. The third-order valence-corrected chi connectivity index (χ3v) is 10.5. The van der Waals surface area contributed by atoms with E-state index in [2.05, 4.69) is 16.0 Å². The van der Waals surface area contributed by atoms with Crippen LogP contribution in [0.3, 0.4) is 0 Å². The molecule has 4 aromatic carbocycles. The molecule has 9 heteroatoms. The van der Waals surface area contributed by atoms with Crippen LogP contribution in [0.4, 0.5) is 0 Å². The summed E-state index contributed by atoms with van der Waals surface area (Å²) in [6.45, 7) is 0. The van der Waals surface area contributed by atoms with Crippen molar-refractivity contribution >= 4 is 92.3 Å². The Kier molecular flexibility index (Phi) is 9.72. The van der Waals surface area contributed by atoms with Crippen LogP contribution in [0.1, 0.15) is 28.3 Å². The molecule has 0 unspecified atom stereocenters. The first-order valence-electron chi connectivity index (χ1n) is 16.6. The van der Waals surface area contributed by atoms with Gasteiger partial charge in [-0.2, -0.15) is 0 Å². The molecular weight excluding hydrogens is 792 g/mol. The Labute approximate surface area is 338 Å². The fourth-order valence-corrected chi connectivity index (χ4v) is 7.87. The van der Waals surface area contributed by atoms with Gasteiger partial charge in [-0.05, 0) is 72.8 Å². The van der Waals surface area contributed by atoms with Crippen LogP contribution in [-0.2, 0) is 19.5 Å². The van der Waals surface area contributed by atoms with Crippen LogP contribution >= 0.6 is 46.4 Å². The first kappa shape index (κ1) is 35.3. The van der Waals surface area contributed by atoms with E-state index in [0.29, 0.717) is 25.8 Å². The first-order valence-corrected chi connectivity index (χ1v) is 18.1. The number of fused-ring (bicyclic) bond motifs is 8. The average Bonchev–Trinajstić information content (AvgIpc) is 3.95. The van der Waals surface area contributed by atoms with Crippen molar-refractivity contribution < 1.29 is 19.5 Å². The Morgan fingerprint density at radius 2 is 0.906 bits per heavy atom. The first-order chi connectivity index (χ1) is 25.4. The van der Waals surface area contributed by atoms with E-state index in [1.165, 1.54) is 0 Å². The normalized spacial score (nSPS) is 12.0. The molecular formula is C44H26Cl4N4Zn. The SMILES string of the molecule is Clc1ccccc1C1=Cc2cc3ccc(cc4nc(cc5[nH]c(c(-c6ccccc6Cl)c1n2)c(-c1ccccc1Cl)c5-c1ccccc1Cl)C=C4)[nH]3.[Zn]. The average molecular weight is 818 g/mol. The summed E-state index contributed by atoms with van der Waals surface area (Å²) in [6.07, 6.45) is 6.08. The summed E-state index contributed by atoms with van der Waals surface area (Å²) in [5.74, 6) is 0. The zero-order chi connectivity index (χ0) is 35.3. The number of nitrogens with zero attached hydrogens (tertiary/aromatic N) is 2. The summed E-state index contributed by atoms with van der Waals surface area (Å²) in [4.78, 5) is 17.7. The molecule has 0 fully saturated rings. The molecule has 2 aliphatic rings. The Morgan fingerprint density at radius 1 is 0.434 bits per heavy atom. The second-order valence-corrected chi connectivity index (χ2v) is 14.1. The number of H-pyrrole nitrogens is 2. The van der Waals surface area contributed by atoms with Gasteiger partial charge >= 0.3 is 0 Å². The zero-order valence-electron chi connectivity index (χ0n) is 28.0. The molecule has 53 heavy (non-hydrogen) atoms. The molecule has 3 aromatic heterocycles. The fourth-order valence-electron chi connectivity index (χ4n) is 6.94. The summed E-state index contributed by atoms with van der Waals surface area (Å²) in [7, 11) is 0. The van der Waals surface area contributed by atoms with Crippen molar-refractivity contribution in [3.05, 3.63) is 176 Å². The minimum absolute atomic E-state index is 0. The van der Waals surface area contributed by atoms with Gasteiger partial charge in [0.2, 0.25) is 0 Å². The van der Waals surface area contributed by atoms with Crippen molar-refractivity contribution in [3.8, 4) is 33.4 Å². The van der Waals surface area contributed by atoms with Crippen molar-refractivity contribution in [2.75, 3.05) is 0 Å². The standard InChI is InChI=1S/C44H26Cl4N4.Zn/c45-35-13-5-1-9-30(35)34-23-29-22-27-18-17-25(49-27)21-26-19-20-28(50-26)24-39-40(31-10-2-6-14-36(31)46)41(32-11-3-7-15-37(32)47)44(52-39)42(43(34)51-29)33-12-4-8-16-38(33)48;/h1-24,49,52H;. The largest absolute Gasteiger partial charge is 0.355 e. The quantitative estimate of drug-likeness (QED) is 0.174. The van der Waals surface area contributed by atoms with E-state index in [0.717, 1.165) is 83.7 Å². The van der Waals surface area contributed by atoms with Gasteiger partial charge in [0.1, 0.15) is 0 Å². The molecule has 0 amide bonds. The predicted molar refractivity (Wildman–Crippen MR) is 220 cm³/mol. The Balaban J connectivity index is 0.00000400. The van der Waals surface area contributed by atoms with E-state index in [1.54, 1.807) is 0 Å². The van der Waals surface area contributed by atoms with Gasteiger partial charge < -0.3 is 9.97 Å². The van der Waals surface area contributed by atoms with Crippen molar-refractivity contribution in [1.82, 2.24) is 19.9 Å². The molecule has 9 rings (SSSR count). The number of aromatic amines is 2. The fraction of sp³-hybridized carbons (Fsp3) is 0. The van der Waals surface area contributed by atoms with Gasteiger partial charge in [-0.15, -0.1) is 0 Å². The molecule has 0 saturated carbocycles. The van der Waals surface area contributed by atoms with Crippen molar-refractivity contribution in [1.29, 1.82) is 0 Å². The van der Waals surface area contributed by atoms with Gasteiger partial charge in [-0.25, -0.2) is 9.97 Å². The third-order valence-electron chi connectivity index (χ3n) is 9.21. The predicted octanol–water partition coefficient (Wildman–Crippen LogP) is 13.7. The molecule has 0 spiro atoms. The Bertz CT molecular complexity index is 2820. The van der Waals surface area contributed by atoms with Gasteiger partial charge in [0.15, 0.2) is 0 Å². The molecule has 5 heterocycles. The van der Waals surface area contributed by atoms with Crippen molar-refractivity contribution in [2.24, 2.45) is 0 Å². The van der Waals surface area contributed by atoms with Crippen LogP contribution in [-0.4, -0.2) is 19.9 Å². The molecule has 2 aliphatic heterocycles. The molecule has 252 valence electrons. The van der Waals surface area contributed by atoms with Crippen LogP contribution in [0, 0.1) is 0 Å². The molecule has 4 nitrogen and oxygen atoms in total. The molecule has 0 atom stereocenters. The summed E-state index contributed by atoms with van der Waals surface area (Å²) in [5.41, 5.74) is 13.0. The van der Waals surface area contributed by atoms with Crippen LogP contribution in [0.25, 0.3) is 79.2 Å². The van der Waals surface area contributed by atoms with E-state index in [1.807, 2.05) is 140 Å². The number of hydrogen-bond acceptors (Lipinski definition) is 2. The van der Waals surface area contributed by atoms with Crippen molar-refractivity contribution in [2.45, 2.75) is 0 Å². The molecule has 0 saturated heterocycles. The minimum atomic E-state index is 0. The van der Waals surface area contributed by atoms with Crippen molar-refractivity contribution in [3.63, 3.8) is 0 Å². The van der Waals surface area contributed by atoms with Gasteiger partial charge in [0.25, 0.3) is 0 Å². The maximum Gasteiger partial charge on any atom is 0.0816 e. The van der Waals surface area contributed by atoms with Gasteiger partial charge in [0, 0.05) is 101 Å². The van der Waals surface area contributed by atoms with Crippen LogP contribution in [0.5, 0.6) is 0 Å². The second kappa shape index (κ2) is 14.6. The molecule has 8 bridgehead atoms. The van der Waals surface area contributed by atoms with E-state index >= 15 is 0 Å². The number of nitrogens with one attached hydrogen (secondary N) is 2. The summed E-state index contributed by atoms with van der Waals surface area (Å²) >= 11 is 28.3. The smallest absolute Gasteiger partial charge is 0.0816 e. The second-order valence-electron chi connectivity index (χ2n) is 12.5. The summed E-state index contributed by atoms with van der Waals surface area (Å²) in [5, 5.41) is 2.33. The van der Waals surface area contributed by atoms with Gasteiger partial charge in [-0.3, -0.25) is 0 Å². The number of aromatic nitrogens is 4. The zero-order valence-corrected chi connectivity index (χ0v) is 34.0. The van der Waals surface area contributed by atoms with Gasteiger partial charge in [0.05, 0.1) is 28.3 Å². The molecule has 7 aromatic rings. The number of halogens is 4. The maximum atomic E-state index is 7.16. The summed E-state index contributed by atoms with van der Waals surface area (Å²) in [6, 6.07) is 41.4. The van der Waals surface area contributed by atoms with Crippen LogP contribution < -0.4 is 0 Å². The minimum Gasteiger partial charge on any atom is -0.355 e. The van der Waals surface area contributed by atoms with Crippen LogP contribution in [0.15, 0.2) is 127 Å². The van der Waals surface area contributed by atoms with E-state index < -0.39 is 0 Å². The Hall–Kier alpha value is -4.74. The molecule has 2 N–H and O–H groups in total. The molecule has 0 aliphatic carbocycles. The van der Waals surface area contributed by atoms with E-state index in [9.17, 15) is 0 Å². The summed E-state index contributed by atoms with van der Waals surface area (Å²) < 4.78 is 0. The Morgan fingerprint density at radius 3 is 1.47 bits per heavy atom. The van der Waals surface area contributed by atoms with Gasteiger partial charge in [-0.1, -0.05) is 119 Å². The van der Waals surface area contributed by atoms with Crippen LogP contribution in [0.2, 0.25) is 20.1 Å². The molecule has 0 radical (unpaired) electrons. The number of benzene rings is 4. The van der Waals surface area contributed by atoms with E-state index in [-0.39, 0.29) is 19.5 Å². The third kappa shape index (κ3) is 6.59. The number of hydrogen-bond donors (Lipinski definition) is 2. The topological polar surface area (TPSA) is 57.4 Å². The number of rotatable bonds is 4. The van der Waals surface area contributed by atoms with E-state index in [4.69, 9.17) is 56.4 Å². The maximum absolute atomic E-state index is 7.16.